The second-order valence-corrected chi connectivity index (χ2v) is 5.00. The Labute approximate surface area is 124 Å². The highest BCUT2D eigenvalue weighted by molar-refractivity contribution is 5.95. The lowest BCUT2D eigenvalue weighted by atomic mass is 10.1. The SMILES string of the molecule is O=C(c1ccccc1F)N1CC(Oc2ccc(F)cc2F)C1. The van der Waals surface area contributed by atoms with Gasteiger partial charge in [0.25, 0.3) is 5.91 Å². The maximum Gasteiger partial charge on any atom is 0.257 e. The van der Waals surface area contributed by atoms with E-state index in [1.54, 1.807) is 6.07 Å². The molecule has 0 N–H and O–H groups in total. The highest BCUT2D eigenvalue weighted by atomic mass is 19.1. The van der Waals surface area contributed by atoms with Gasteiger partial charge in [0, 0.05) is 6.07 Å². The maximum atomic E-state index is 13.5. The number of amides is 1. The Morgan fingerprint density at radius 3 is 2.45 bits per heavy atom. The van der Waals surface area contributed by atoms with Crippen LogP contribution < -0.4 is 4.74 Å². The summed E-state index contributed by atoms with van der Waals surface area (Å²) in [6.07, 6.45) is -0.393. The monoisotopic (exact) mass is 307 g/mol. The molecular weight excluding hydrogens is 295 g/mol. The van der Waals surface area contributed by atoms with Crippen molar-refractivity contribution in [3.05, 3.63) is 65.5 Å². The number of halogens is 3. The van der Waals surface area contributed by atoms with Crippen LogP contribution in [0.15, 0.2) is 42.5 Å². The van der Waals surface area contributed by atoms with Crippen LogP contribution in [-0.4, -0.2) is 30.0 Å². The first kappa shape index (κ1) is 14.4. The van der Waals surface area contributed by atoms with E-state index in [-0.39, 0.29) is 24.4 Å². The first-order valence-corrected chi connectivity index (χ1v) is 6.70. The van der Waals surface area contributed by atoms with Crippen molar-refractivity contribution < 1.29 is 22.7 Å². The summed E-state index contributed by atoms with van der Waals surface area (Å²) in [4.78, 5) is 13.5. The molecule has 0 spiro atoms. The van der Waals surface area contributed by atoms with Crippen LogP contribution in [0, 0.1) is 17.5 Å². The first-order chi connectivity index (χ1) is 10.5. The topological polar surface area (TPSA) is 29.5 Å². The van der Waals surface area contributed by atoms with Crippen molar-refractivity contribution in [1.29, 1.82) is 0 Å². The zero-order valence-electron chi connectivity index (χ0n) is 11.4. The van der Waals surface area contributed by atoms with Gasteiger partial charge in [-0.25, -0.2) is 13.2 Å². The molecule has 1 aliphatic heterocycles. The summed E-state index contributed by atoms with van der Waals surface area (Å²) in [5.41, 5.74) is -0.00564. The lowest BCUT2D eigenvalue weighted by Gasteiger charge is -2.39. The molecular formula is C16H12F3NO2. The maximum absolute atomic E-state index is 13.5. The molecule has 0 unspecified atom stereocenters. The molecule has 0 aromatic heterocycles. The van der Waals surface area contributed by atoms with Gasteiger partial charge in [-0.05, 0) is 24.3 Å². The lowest BCUT2D eigenvalue weighted by molar-refractivity contribution is 0.0160. The average Bonchev–Trinajstić information content (AvgIpc) is 2.44. The van der Waals surface area contributed by atoms with Crippen molar-refractivity contribution in [2.75, 3.05) is 13.1 Å². The normalized spacial score (nSPS) is 14.6. The first-order valence-electron chi connectivity index (χ1n) is 6.70. The minimum Gasteiger partial charge on any atom is -0.484 e. The summed E-state index contributed by atoms with van der Waals surface area (Å²) < 4.78 is 45.1. The number of rotatable bonds is 3. The van der Waals surface area contributed by atoms with Gasteiger partial charge < -0.3 is 9.64 Å². The van der Waals surface area contributed by atoms with Crippen molar-refractivity contribution in [3.63, 3.8) is 0 Å². The molecule has 2 aromatic rings. The van der Waals surface area contributed by atoms with E-state index in [2.05, 4.69) is 0 Å². The molecule has 0 aliphatic carbocycles. The number of hydrogen-bond donors (Lipinski definition) is 0. The lowest BCUT2D eigenvalue weighted by Crippen LogP contribution is -2.56. The molecule has 114 valence electrons. The van der Waals surface area contributed by atoms with E-state index in [9.17, 15) is 18.0 Å². The van der Waals surface area contributed by atoms with Crippen molar-refractivity contribution in [3.8, 4) is 5.75 Å². The van der Waals surface area contributed by atoms with Crippen molar-refractivity contribution in [1.82, 2.24) is 4.90 Å². The van der Waals surface area contributed by atoms with Gasteiger partial charge in [-0.3, -0.25) is 4.79 Å². The van der Waals surface area contributed by atoms with Crippen LogP contribution in [0.1, 0.15) is 10.4 Å². The van der Waals surface area contributed by atoms with Crippen LogP contribution in [-0.2, 0) is 0 Å². The Morgan fingerprint density at radius 2 is 1.77 bits per heavy atom. The fourth-order valence-corrected chi connectivity index (χ4v) is 2.23. The fraction of sp³-hybridized carbons (Fsp3) is 0.188. The van der Waals surface area contributed by atoms with Gasteiger partial charge >= 0.3 is 0 Å². The Hall–Kier alpha value is -2.50. The fourth-order valence-electron chi connectivity index (χ4n) is 2.23. The van der Waals surface area contributed by atoms with E-state index in [4.69, 9.17) is 4.74 Å². The zero-order chi connectivity index (χ0) is 15.7. The number of benzene rings is 2. The van der Waals surface area contributed by atoms with Crippen LogP contribution in [0.2, 0.25) is 0 Å². The summed E-state index contributed by atoms with van der Waals surface area (Å²) in [6.45, 7) is 0.452. The predicted octanol–water partition coefficient (Wildman–Crippen LogP) is 3.01. The quantitative estimate of drug-likeness (QED) is 0.872. The van der Waals surface area contributed by atoms with Gasteiger partial charge in [-0.15, -0.1) is 0 Å². The van der Waals surface area contributed by atoms with Crippen molar-refractivity contribution >= 4 is 5.91 Å². The minimum atomic E-state index is -0.793. The molecule has 1 saturated heterocycles. The second-order valence-electron chi connectivity index (χ2n) is 5.00. The molecule has 0 atom stereocenters. The molecule has 1 aliphatic rings. The Morgan fingerprint density at radius 1 is 1.05 bits per heavy atom. The van der Waals surface area contributed by atoms with E-state index in [0.29, 0.717) is 0 Å². The zero-order valence-corrected chi connectivity index (χ0v) is 11.4. The predicted molar refractivity (Wildman–Crippen MR) is 73.1 cm³/mol. The summed E-state index contributed by atoms with van der Waals surface area (Å²) in [5, 5.41) is 0. The van der Waals surface area contributed by atoms with E-state index in [1.807, 2.05) is 0 Å². The van der Waals surface area contributed by atoms with E-state index >= 15 is 0 Å². The van der Waals surface area contributed by atoms with Gasteiger partial charge in [-0.1, -0.05) is 12.1 Å². The number of ether oxygens (including phenoxy) is 1. The van der Waals surface area contributed by atoms with Gasteiger partial charge in [0.05, 0.1) is 18.7 Å². The van der Waals surface area contributed by atoms with Gasteiger partial charge in [0.1, 0.15) is 17.7 Å². The number of carbonyl (C=O) groups excluding carboxylic acids is 1. The van der Waals surface area contributed by atoms with E-state index in [0.717, 1.165) is 12.1 Å². The third-order valence-corrected chi connectivity index (χ3v) is 3.43. The molecule has 3 nitrogen and oxygen atoms in total. The van der Waals surface area contributed by atoms with Crippen LogP contribution in [0.3, 0.4) is 0 Å². The van der Waals surface area contributed by atoms with Gasteiger partial charge in [0.15, 0.2) is 11.6 Å². The average molecular weight is 307 g/mol. The highest BCUT2D eigenvalue weighted by Gasteiger charge is 2.34. The van der Waals surface area contributed by atoms with Crippen LogP contribution in [0.4, 0.5) is 13.2 Å². The molecule has 1 fully saturated rings. The number of likely N-dealkylation sites (tertiary alicyclic amines) is 1. The number of hydrogen-bond acceptors (Lipinski definition) is 2. The van der Waals surface area contributed by atoms with Crippen LogP contribution >= 0.6 is 0 Å². The molecule has 22 heavy (non-hydrogen) atoms. The molecule has 6 heteroatoms. The summed E-state index contributed by atoms with van der Waals surface area (Å²) in [7, 11) is 0. The minimum absolute atomic E-state index is 0.00564. The molecule has 3 rings (SSSR count). The second kappa shape index (κ2) is 5.71. The van der Waals surface area contributed by atoms with Crippen LogP contribution in [0.5, 0.6) is 5.75 Å². The molecule has 0 saturated carbocycles. The van der Waals surface area contributed by atoms with E-state index in [1.165, 1.54) is 29.2 Å². The molecule has 2 aromatic carbocycles. The van der Waals surface area contributed by atoms with Gasteiger partial charge in [-0.2, -0.15) is 0 Å². The summed E-state index contributed by atoms with van der Waals surface area (Å²) in [6, 6.07) is 8.74. The Kier molecular flexibility index (Phi) is 3.75. The summed E-state index contributed by atoms with van der Waals surface area (Å²) >= 11 is 0. The van der Waals surface area contributed by atoms with Crippen LogP contribution in [0.25, 0.3) is 0 Å². The highest BCUT2D eigenvalue weighted by Crippen LogP contribution is 2.23. The van der Waals surface area contributed by atoms with E-state index < -0.39 is 29.5 Å². The Balaban J connectivity index is 1.60. The molecule has 1 amide bonds. The largest absolute Gasteiger partial charge is 0.484 e. The number of carbonyl (C=O) groups is 1. The third-order valence-electron chi connectivity index (χ3n) is 3.43. The summed E-state index contributed by atoms with van der Waals surface area (Å²) in [5.74, 6) is -2.56. The van der Waals surface area contributed by atoms with Crippen molar-refractivity contribution in [2.45, 2.75) is 6.10 Å². The molecule has 0 bridgehead atoms. The molecule has 0 radical (unpaired) electrons. The van der Waals surface area contributed by atoms with Crippen molar-refractivity contribution in [2.24, 2.45) is 0 Å². The molecule has 1 heterocycles. The Bertz CT molecular complexity index is 714. The number of nitrogens with zero attached hydrogens (tertiary/aromatic N) is 1. The van der Waals surface area contributed by atoms with Gasteiger partial charge in [0.2, 0.25) is 0 Å². The standard InChI is InChI=1S/C16H12F3NO2/c17-10-5-6-15(14(19)7-10)22-11-8-20(9-11)16(21)12-3-1-2-4-13(12)18/h1-7,11H,8-9H2. The smallest absolute Gasteiger partial charge is 0.257 e. The third kappa shape index (κ3) is 2.77.